The number of nitrogens with zero attached hydrogens (tertiary/aromatic N) is 1. The monoisotopic (exact) mass is 283 g/mol. The molecular weight excluding hydrogens is 260 g/mol. The van der Waals surface area contributed by atoms with Crippen molar-refractivity contribution in [3.05, 3.63) is 35.4 Å². The minimum absolute atomic E-state index is 0.104. The number of ketones is 1. The summed E-state index contributed by atoms with van der Waals surface area (Å²) in [4.78, 5) is 14.0. The molecule has 1 atom stereocenters. The van der Waals surface area contributed by atoms with Gasteiger partial charge in [0.05, 0.1) is 0 Å². The molecule has 0 radical (unpaired) electrons. The van der Waals surface area contributed by atoms with E-state index in [2.05, 4.69) is 25.7 Å². The zero-order valence-electron chi connectivity index (χ0n) is 12.6. The van der Waals surface area contributed by atoms with E-state index in [-0.39, 0.29) is 17.8 Å². The summed E-state index contributed by atoms with van der Waals surface area (Å²) in [6, 6.07) is 3.33. The van der Waals surface area contributed by atoms with Gasteiger partial charge in [0.2, 0.25) is 0 Å². The van der Waals surface area contributed by atoms with E-state index in [1.54, 1.807) is 0 Å². The molecule has 1 aromatic rings. The van der Waals surface area contributed by atoms with Crippen LogP contribution in [0.5, 0.6) is 0 Å². The average molecular weight is 283 g/mol. The molecule has 0 aromatic heterocycles. The zero-order chi connectivity index (χ0) is 15.3. The van der Waals surface area contributed by atoms with Crippen molar-refractivity contribution in [3.8, 4) is 0 Å². The summed E-state index contributed by atoms with van der Waals surface area (Å²) in [6.45, 7) is 7.02. The van der Waals surface area contributed by atoms with Crippen molar-refractivity contribution >= 4 is 5.78 Å². The first kappa shape index (κ1) is 16.8. The van der Waals surface area contributed by atoms with Gasteiger partial charge >= 0.3 is 0 Å². The molecule has 0 aliphatic heterocycles. The van der Waals surface area contributed by atoms with Gasteiger partial charge in [0.15, 0.2) is 5.78 Å². The molecule has 1 aromatic carbocycles. The Hall–Kier alpha value is -1.29. The SMILES string of the molecule is CC(C)CC(C)N(C)CCC(=O)c1cc(F)cc(F)c1. The molecule has 112 valence electrons. The van der Waals surface area contributed by atoms with Crippen molar-refractivity contribution in [1.82, 2.24) is 4.90 Å². The molecule has 1 unspecified atom stereocenters. The molecule has 0 spiro atoms. The Bertz CT molecular complexity index is 440. The van der Waals surface area contributed by atoms with E-state index in [0.29, 0.717) is 18.5 Å². The third kappa shape index (κ3) is 5.37. The Kier molecular flexibility index (Phi) is 6.27. The van der Waals surface area contributed by atoms with Gasteiger partial charge in [0.25, 0.3) is 0 Å². The number of rotatable bonds is 7. The lowest BCUT2D eigenvalue weighted by Crippen LogP contribution is -2.32. The van der Waals surface area contributed by atoms with Crippen LogP contribution in [0.4, 0.5) is 8.78 Å². The van der Waals surface area contributed by atoms with Gasteiger partial charge in [-0.3, -0.25) is 4.79 Å². The summed E-state index contributed by atoms with van der Waals surface area (Å²) in [5.41, 5.74) is 0.104. The number of carbonyl (C=O) groups excluding carboxylic acids is 1. The molecule has 2 nitrogen and oxygen atoms in total. The lowest BCUT2D eigenvalue weighted by Gasteiger charge is -2.25. The normalized spacial score (nSPS) is 13.0. The number of hydrogen-bond acceptors (Lipinski definition) is 2. The Labute approximate surface area is 119 Å². The van der Waals surface area contributed by atoms with Gasteiger partial charge in [0.1, 0.15) is 11.6 Å². The fraction of sp³-hybridized carbons (Fsp3) is 0.562. The fourth-order valence-electron chi connectivity index (χ4n) is 2.22. The van der Waals surface area contributed by atoms with Crippen LogP contribution in [0, 0.1) is 17.6 Å². The van der Waals surface area contributed by atoms with E-state index in [1.165, 1.54) is 0 Å². The molecule has 20 heavy (non-hydrogen) atoms. The van der Waals surface area contributed by atoms with E-state index < -0.39 is 11.6 Å². The average Bonchev–Trinajstić information content (AvgIpc) is 2.33. The highest BCUT2D eigenvalue weighted by atomic mass is 19.1. The van der Waals surface area contributed by atoms with Gasteiger partial charge in [-0.05, 0) is 38.4 Å². The molecule has 0 saturated heterocycles. The van der Waals surface area contributed by atoms with Crippen LogP contribution in [0.15, 0.2) is 18.2 Å². The Balaban J connectivity index is 2.54. The van der Waals surface area contributed by atoms with Crippen molar-refractivity contribution in [2.75, 3.05) is 13.6 Å². The van der Waals surface area contributed by atoms with Crippen LogP contribution in [0.25, 0.3) is 0 Å². The summed E-state index contributed by atoms with van der Waals surface area (Å²) < 4.78 is 26.1. The van der Waals surface area contributed by atoms with Crippen molar-refractivity contribution in [2.45, 2.75) is 39.7 Å². The quantitative estimate of drug-likeness (QED) is 0.707. The van der Waals surface area contributed by atoms with Crippen LogP contribution in [0.3, 0.4) is 0 Å². The first-order chi connectivity index (χ1) is 9.29. The van der Waals surface area contributed by atoms with Gasteiger partial charge in [-0.25, -0.2) is 8.78 Å². The van der Waals surface area contributed by atoms with E-state index in [1.807, 2.05) is 7.05 Å². The second-order valence-corrected chi connectivity index (χ2v) is 5.79. The van der Waals surface area contributed by atoms with Crippen LogP contribution >= 0.6 is 0 Å². The van der Waals surface area contributed by atoms with Crippen molar-refractivity contribution < 1.29 is 13.6 Å². The minimum Gasteiger partial charge on any atom is -0.303 e. The van der Waals surface area contributed by atoms with Crippen molar-refractivity contribution in [3.63, 3.8) is 0 Å². The predicted molar refractivity (Wildman–Crippen MR) is 76.9 cm³/mol. The predicted octanol–water partition coefficient (Wildman–Crippen LogP) is 3.90. The lowest BCUT2D eigenvalue weighted by atomic mass is 10.0. The maximum Gasteiger partial charge on any atom is 0.164 e. The molecule has 0 saturated carbocycles. The minimum atomic E-state index is -0.713. The molecule has 0 aliphatic rings. The maximum atomic E-state index is 13.1. The molecule has 4 heteroatoms. The van der Waals surface area contributed by atoms with Crippen LogP contribution in [0.1, 0.15) is 44.0 Å². The number of hydrogen-bond donors (Lipinski definition) is 0. The first-order valence-electron chi connectivity index (χ1n) is 6.99. The third-order valence-corrected chi connectivity index (χ3v) is 3.44. The second kappa shape index (κ2) is 7.48. The molecule has 0 amide bonds. The smallest absolute Gasteiger partial charge is 0.164 e. The fourth-order valence-corrected chi connectivity index (χ4v) is 2.22. The van der Waals surface area contributed by atoms with Gasteiger partial charge < -0.3 is 4.90 Å². The first-order valence-corrected chi connectivity index (χ1v) is 6.99. The molecule has 0 fully saturated rings. The summed E-state index contributed by atoms with van der Waals surface area (Å²) in [5, 5.41) is 0. The Morgan fingerprint density at radius 2 is 1.70 bits per heavy atom. The van der Waals surface area contributed by atoms with Gasteiger partial charge in [0, 0.05) is 30.6 Å². The summed E-state index contributed by atoms with van der Waals surface area (Å²) in [6.07, 6.45) is 1.32. The van der Waals surface area contributed by atoms with E-state index in [9.17, 15) is 13.6 Å². The molecule has 0 bridgehead atoms. The molecule has 0 aliphatic carbocycles. The van der Waals surface area contributed by atoms with E-state index in [4.69, 9.17) is 0 Å². The summed E-state index contributed by atoms with van der Waals surface area (Å²) in [5.74, 6) is -1.06. The van der Waals surface area contributed by atoms with E-state index in [0.717, 1.165) is 24.6 Å². The highest BCUT2D eigenvalue weighted by Crippen LogP contribution is 2.13. The highest BCUT2D eigenvalue weighted by Gasteiger charge is 2.14. The zero-order valence-corrected chi connectivity index (χ0v) is 12.6. The van der Waals surface area contributed by atoms with Crippen molar-refractivity contribution in [1.29, 1.82) is 0 Å². The maximum absolute atomic E-state index is 13.1. The van der Waals surface area contributed by atoms with Gasteiger partial charge in [-0.2, -0.15) is 0 Å². The molecule has 1 rings (SSSR count). The molecule has 0 heterocycles. The molecule has 0 N–H and O–H groups in total. The third-order valence-electron chi connectivity index (χ3n) is 3.44. The standard InChI is InChI=1S/C16H23F2NO/c1-11(2)7-12(3)19(4)6-5-16(20)13-8-14(17)10-15(18)9-13/h8-12H,5-7H2,1-4H3. The number of halogens is 2. The number of benzene rings is 1. The second-order valence-electron chi connectivity index (χ2n) is 5.79. The van der Waals surface area contributed by atoms with Gasteiger partial charge in [-0.15, -0.1) is 0 Å². The summed E-state index contributed by atoms with van der Waals surface area (Å²) in [7, 11) is 1.96. The van der Waals surface area contributed by atoms with E-state index >= 15 is 0 Å². The lowest BCUT2D eigenvalue weighted by molar-refractivity contribution is 0.0958. The van der Waals surface area contributed by atoms with Crippen LogP contribution in [0.2, 0.25) is 0 Å². The largest absolute Gasteiger partial charge is 0.303 e. The Morgan fingerprint density at radius 1 is 1.15 bits per heavy atom. The Morgan fingerprint density at radius 3 is 2.20 bits per heavy atom. The number of Topliss-reactive ketones (excluding diaryl/α,β-unsaturated/α-hetero) is 1. The topological polar surface area (TPSA) is 20.3 Å². The summed E-state index contributed by atoms with van der Waals surface area (Å²) >= 11 is 0. The van der Waals surface area contributed by atoms with Crippen LogP contribution < -0.4 is 0 Å². The van der Waals surface area contributed by atoms with Crippen molar-refractivity contribution in [2.24, 2.45) is 5.92 Å². The number of carbonyl (C=O) groups is 1. The van der Waals surface area contributed by atoms with Crippen LogP contribution in [-0.2, 0) is 0 Å². The highest BCUT2D eigenvalue weighted by molar-refractivity contribution is 5.96. The van der Waals surface area contributed by atoms with Crippen LogP contribution in [-0.4, -0.2) is 30.3 Å². The van der Waals surface area contributed by atoms with Gasteiger partial charge in [-0.1, -0.05) is 13.8 Å². The molecular formula is C16H23F2NO.